The van der Waals surface area contributed by atoms with Gasteiger partial charge in [0.05, 0.1) is 11.9 Å². The fraction of sp³-hybridized carbons (Fsp3) is 0.344. The highest BCUT2D eigenvalue weighted by Crippen LogP contribution is 2.23. The number of nitrogens with one attached hydrogen (secondary N) is 2. The summed E-state index contributed by atoms with van der Waals surface area (Å²) in [6, 6.07) is 20.8. The zero-order valence-electron chi connectivity index (χ0n) is 24.4. The number of carbonyl (C=O) groups excluding carboxylic acids is 3. The van der Waals surface area contributed by atoms with Crippen molar-refractivity contribution in [3.8, 4) is 5.75 Å². The monoisotopic (exact) mass is 609 g/mol. The first kappa shape index (κ1) is 33.0. The van der Waals surface area contributed by atoms with Crippen LogP contribution in [-0.4, -0.2) is 68.4 Å². The lowest BCUT2D eigenvalue weighted by molar-refractivity contribution is -0.143. The summed E-state index contributed by atoms with van der Waals surface area (Å²) < 4.78 is 0. The number of phenolic OH excluding ortho intramolecular Hbond substituents is 1. The van der Waals surface area contributed by atoms with Crippen molar-refractivity contribution in [1.29, 1.82) is 0 Å². The molecule has 0 aliphatic heterocycles. The molecule has 224 valence electrons. The molecule has 0 heterocycles. The number of thioether (sulfide) groups is 2. The SMILES string of the molecule is Cc1ccccc1CNC(=O)CN(CSC(C)C)C(=O)[C@@H](O)[C@H](CSc1ccccc1)NC(=O)c1cccc(O)c1C. The topological polar surface area (TPSA) is 119 Å². The Labute approximate surface area is 256 Å². The Morgan fingerprint density at radius 2 is 1.62 bits per heavy atom. The summed E-state index contributed by atoms with van der Waals surface area (Å²) in [4.78, 5) is 42.1. The van der Waals surface area contributed by atoms with Crippen molar-refractivity contribution in [3.63, 3.8) is 0 Å². The average Bonchev–Trinajstić information content (AvgIpc) is 2.98. The number of amides is 3. The standard InChI is InChI=1S/C32H39N3O5S2/c1-21(2)42-20-35(18-29(37)33-17-24-12-9-8-11-22(24)3)32(40)30(38)27(19-41-25-13-6-5-7-14-25)34-31(39)26-15-10-16-28(36)23(26)4/h5-16,21,27,30,36,38H,17-20H2,1-4H3,(H,33,37)(H,34,39)/t27-,30-/m0/s1. The second-order valence-corrected chi connectivity index (χ2v) is 12.8. The van der Waals surface area contributed by atoms with E-state index in [1.54, 1.807) is 19.1 Å². The van der Waals surface area contributed by atoms with E-state index in [1.165, 1.54) is 34.5 Å². The van der Waals surface area contributed by atoms with Crippen molar-refractivity contribution in [3.05, 3.63) is 95.1 Å². The summed E-state index contributed by atoms with van der Waals surface area (Å²) in [5.74, 6) is -1.15. The number of carbonyl (C=O) groups is 3. The van der Waals surface area contributed by atoms with Crippen LogP contribution in [0.4, 0.5) is 0 Å². The molecule has 3 aromatic rings. The summed E-state index contributed by atoms with van der Waals surface area (Å²) >= 11 is 2.86. The number of rotatable bonds is 14. The van der Waals surface area contributed by atoms with Crippen LogP contribution in [0.1, 0.15) is 40.9 Å². The molecule has 0 aliphatic carbocycles. The number of hydrogen-bond acceptors (Lipinski definition) is 7. The van der Waals surface area contributed by atoms with Gasteiger partial charge in [0.2, 0.25) is 5.91 Å². The molecule has 3 rings (SSSR count). The highest BCUT2D eigenvalue weighted by Gasteiger charge is 2.33. The lowest BCUT2D eigenvalue weighted by Crippen LogP contribution is -2.54. The first-order valence-electron chi connectivity index (χ1n) is 13.7. The molecule has 0 unspecified atom stereocenters. The molecule has 0 radical (unpaired) electrons. The Morgan fingerprint density at radius 3 is 2.31 bits per heavy atom. The van der Waals surface area contributed by atoms with Crippen molar-refractivity contribution < 1.29 is 24.6 Å². The Kier molecular flexibility index (Phi) is 12.8. The summed E-state index contributed by atoms with van der Waals surface area (Å²) in [6.45, 7) is 7.65. The maximum atomic E-state index is 13.7. The van der Waals surface area contributed by atoms with Crippen LogP contribution in [0, 0.1) is 13.8 Å². The van der Waals surface area contributed by atoms with Gasteiger partial charge in [-0.2, -0.15) is 0 Å². The summed E-state index contributed by atoms with van der Waals surface area (Å²) in [7, 11) is 0. The maximum absolute atomic E-state index is 13.7. The van der Waals surface area contributed by atoms with Crippen LogP contribution >= 0.6 is 23.5 Å². The largest absolute Gasteiger partial charge is 0.508 e. The normalized spacial score (nSPS) is 12.4. The molecule has 0 saturated heterocycles. The van der Waals surface area contributed by atoms with Gasteiger partial charge in [0.25, 0.3) is 11.8 Å². The van der Waals surface area contributed by atoms with Crippen molar-refractivity contribution >= 4 is 41.2 Å². The molecule has 3 amide bonds. The molecule has 10 heteroatoms. The molecule has 0 bridgehead atoms. The minimum atomic E-state index is -1.61. The van der Waals surface area contributed by atoms with E-state index in [9.17, 15) is 24.6 Å². The van der Waals surface area contributed by atoms with Gasteiger partial charge in [0, 0.05) is 33.6 Å². The van der Waals surface area contributed by atoms with Gasteiger partial charge in [-0.25, -0.2) is 0 Å². The van der Waals surface area contributed by atoms with E-state index in [2.05, 4.69) is 10.6 Å². The van der Waals surface area contributed by atoms with Crippen molar-refractivity contribution in [2.75, 3.05) is 18.2 Å². The second-order valence-electron chi connectivity index (χ2n) is 10.2. The fourth-order valence-corrected chi connectivity index (χ4v) is 5.73. The highest BCUT2D eigenvalue weighted by atomic mass is 32.2. The van der Waals surface area contributed by atoms with E-state index in [0.29, 0.717) is 12.1 Å². The van der Waals surface area contributed by atoms with E-state index >= 15 is 0 Å². The Bertz CT molecular complexity index is 1350. The van der Waals surface area contributed by atoms with Gasteiger partial charge < -0.3 is 25.7 Å². The first-order valence-corrected chi connectivity index (χ1v) is 15.8. The third-order valence-corrected chi connectivity index (χ3v) is 8.88. The van der Waals surface area contributed by atoms with Crippen molar-refractivity contribution in [2.24, 2.45) is 0 Å². The third-order valence-electron chi connectivity index (χ3n) is 6.62. The van der Waals surface area contributed by atoms with Crippen molar-refractivity contribution in [1.82, 2.24) is 15.5 Å². The van der Waals surface area contributed by atoms with Crippen molar-refractivity contribution in [2.45, 2.75) is 56.5 Å². The molecule has 0 spiro atoms. The smallest absolute Gasteiger partial charge is 0.254 e. The summed E-state index contributed by atoms with van der Waals surface area (Å²) in [6.07, 6.45) is -1.61. The van der Waals surface area contributed by atoms with Gasteiger partial charge in [0.1, 0.15) is 12.3 Å². The minimum Gasteiger partial charge on any atom is -0.508 e. The second kappa shape index (κ2) is 16.2. The van der Waals surface area contributed by atoms with Gasteiger partial charge in [-0.3, -0.25) is 14.4 Å². The van der Waals surface area contributed by atoms with Gasteiger partial charge in [-0.1, -0.05) is 62.4 Å². The molecular weight excluding hydrogens is 571 g/mol. The van der Waals surface area contributed by atoms with E-state index < -0.39 is 24.0 Å². The van der Waals surface area contributed by atoms with Crippen LogP contribution in [0.25, 0.3) is 0 Å². The molecule has 42 heavy (non-hydrogen) atoms. The number of aromatic hydroxyl groups is 1. The quantitative estimate of drug-likeness (QED) is 0.157. The minimum absolute atomic E-state index is 0.0249. The van der Waals surface area contributed by atoms with Crippen LogP contribution in [0.2, 0.25) is 0 Å². The predicted molar refractivity (Wildman–Crippen MR) is 170 cm³/mol. The number of aliphatic hydroxyl groups excluding tert-OH is 1. The third kappa shape index (κ3) is 9.82. The molecule has 0 saturated carbocycles. The highest BCUT2D eigenvalue weighted by molar-refractivity contribution is 7.99. The molecular formula is C32H39N3O5S2. The Morgan fingerprint density at radius 1 is 0.929 bits per heavy atom. The number of phenols is 1. The maximum Gasteiger partial charge on any atom is 0.254 e. The molecule has 2 atom stereocenters. The van der Waals surface area contributed by atoms with Crippen LogP contribution in [0.3, 0.4) is 0 Å². The number of aliphatic hydroxyl groups is 1. The van der Waals surface area contributed by atoms with E-state index in [-0.39, 0.29) is 40.6 Å². The van der Waals surface area contributed by atoms with Crippen LogP contribution in [0.15, 0.2) is 77.7 Å². The lowest BCUT2D eigenvalue weighted by Gasteiger charge is -2.29. The van der Waals surface area contributed by atoms with Gasteiger partial charge >= 0.3 is 0 Å². The van der Waals surface area contributed by atoms with Crippen LogP contribution in [0.5, 0.6) is 5.75 Å². The summed E-state index contributed by atoms with van der Waals surface area (Å²) in [5, 5.41) is 27.3. The molecule has 0 fully saturated rings. The number of benzene rings is 3. The van der Waals surface area contributed by atoms with E-state index in [4.69, 9.17) is 0 Å². The van der Waals surface area contributed by atoms with E-state index in [0.717, 1.165) is 16.0 Å². The fourth-order valence-electron chi connectivity index (χ4n) is 4.05. The summed E-state index contributed by atoms with van der Waals surface area (Å²) in [5.41, 5.74) is 2.66. The Hall–Kier alpha value is -3.47. The number of aryl methyl sites for hydroxylation is 1. The van der Waals surface area contributed by atoms with Gasteiger partial charge in [0.15, 0.2) is 6.10 Å². The average molecular weight is 610 g/mol. The van der Waals surface area contributed by atoms with Crippen LogP contribution < -0.4 is 10.6 Å². The van der Waals surface area contributed by atoms with E-state index in [1.807, 2.05) is 75.4 Å². The van der Waals surface area contributed by atoms with Gasteiger partial charge in [-0.15, -0.1) is 23.5 Å². The van der Waals surface area contributed by atoms with Crippen LogP contribution in [-0.2, 0) is 16.1 Å². The molecule has 8 nitrogen and oxygen atoms in total. The molecule has 0 aliphatic rings. The molecule has 3 aromatic carbocycles. The predicted octanol–water partition coefficient (Wildman–Crippen LogP) is 4.50. The first-order chi connectivity index (χ1) is 20.1. The number of nitrogens with zero attached hydrogens (tertiary/aromatic N) is 1. The van der Waals surface area contributed by atoms with Gasteiger partial charge in [-0.05, 0) is 49.2 Å². The zero-order valence-corrected chi connectivity index (χ0v) is 26.0. The number of hydrogen-bond donors (Lipinski definition) is 4. The Balaban J connectivity index is 1.78. The molecule has 0 aromatic heterocycles. The zero-order chi connectivity index (χ0) is 30.6. The molecule has 4 N–H and O–H groups in total. The lowest BCUT2D eigenvalue weighted by atomic mass is 10.1.